The predicted octanol–water partition coefficient (Wildman–Crippen LogP) is 6.58. The van der Waals surface area contributed by atoms with Crippen LogP contribution in [0.3, 0.4) is 0 Å². The molecule has 3 aromatic rings. The Hall–Kier alpha value is -3.69. The van der Waals surface area contributed by atoms with Gasteiger partial charge in [0.05, 0.1) is 23.2 Å². The summed E-state index contributed by atoms with van der Waals surface area (Å²) in [6.45, 7) is 3.99. The van der Waals surface area contributed by atoms with Crippen LogP contribution in [0.5, 0.6) is 5.75 Å². The Labute approximate surface area is 265 Å². The van der Waals surface area contributed by atoms with Crippen molar-refractivity contribution in [1.82, 2.24) is 15.1 Å². The summed E-state index contributed by atoms with van der Waals surface area (Å²) in [5.41, 5.74) is 5.89. The number of piperazine rings is 1. The van der Waals surface area contributed by atoms with Crippen LogP contribution in [0, 0.1) is 12.7 Å². The molecular formula is C35H37BrFN3O4. The second-order valence-electron chi connectivity index (χ2n) is 11.9. The highest BCUT2D eigenvalue weighted by Gasteiger charge is 2.46. The first-order chi connectivity index (χ1) is 21.3. The van der Waals surface area contributed by atoms with Crippen LogP contribution < -0.4 is 10.1 Å². The summed E-state index contributed by atoms with van der Waals surface area (Å²) in [6.07, 6.45) is 2.96. The summed E-state index contributed by atoms with van der Waals surface area (Å²) >= 11 is 3.39. The third-order valence-electron chi connectivity index (χ3n) is 8.91. The van der Waals surface area contributed by atoms with Crippen molar-refractivity contribution in [2.75, 3.05) is 19.7 Å². The molecule has 2 heterocycles. The largest absolute Gasteiger partial charge is 0.492 e. The number of rotatable bonds is 10. The number of benzene rings is 3. The number of carbonyl (C=O) groups is 2. The quantitative estimate of drug-likeness (QED) is 0.240. The van der Waals surface area contributed by atoms with Crippen LogP contribution in [0.15, 0.2) is 76.8 Å². The van der Waals surface area contributed by atoms with Gasteiger partial charge >= 0.3 is 6.09 Å². The highest BCUT2D eigenvalue weighted by Crippen LogP contribution is 2.40. The van der Waals surface area contributed by atoms with E-state index in [0.29, 0.717) is 44.0 Å². The highest BCUT2D eigenvalue weighted by atomic mass is 79.9. The fourth-order valence-electron chi connectivity index (χ4n) is 6.43. The lowest BCUT2D eigenvalue weighted by molar-refractivity contribution is -0.129. The van der Waals surface area contributed by atoms with E-state index in [4.69, 9.17) is 4.74 Å². The number of carbonyl (C=O) groups excluding carboxylic acids is 1. The summed E-state index contributed by atoms with van der Waals surface area (Å²) in [7, 11) is 0. The normalized spacial score (nSPS) is 19.6. The number of nitrogens with zero attached hydrogens (tertiary/aromatic N) is 2. The summed E-state index contributed by atoms with van der Waals surface area (Å²) in [4.78, 5) is 30.4. The van der Waals surface area contributed by atoms with E-state index in [0.717, 1.165) is 58.0 Å². The summed E-state index contributed by atoms with van der Waals surface area (Å²) in [6, 6.07) is 20.2. The lowest BCUT2D eigenvalue weighted by Crippen LogP contribution is -2.63. The maximum Gasteiger partial charge on any atom is 0.408 e. The van der Waals surface area contributed by atoms with Crippen LogP contribution in [0.1, 0.15) is 47.9 Å². The van der Waals surface area contributed by atoms with E-state index in [-0.39, 0.29) is 23.8 Å². The van der Waals surface area contributed by atoms with Gasteiger partial charge in [-0.25, -0.2) is 9.18 Å². The van der Waals surface area contributed by atoms with Crippen molar-refractivity contribution >= 4 is 33.5 Å². The first-order valence-corrected chi connectivity index (χ1v) is 16.1. The van der Waals surface area contributed by atoms with E-state index in [1.54, 1.807) is 6.07 Å². The van der Waals surface area contributed by atoms with Gasteiger partial charge in [0.1, 0.15) is 11.6 Å². The molecule has 2 unspecified atom stereocenters. The number of ether oxygens (including phenoxy) is 1. The van der Waals surface area contributed by atoms with Crippen molar-refractivity contribution in [3.63, 3.8) is 0 Å². The van der Waals surface area contributed by atoms with Crippen LogP contribution >= 0.6 is 15.9 Å². The average molecular weight is 663 g/mol. The zero-order valence-corrected chi connectivity index (χ0v) is 26.4. The van der Waals surface area contributed by atoms with Gasteiger partial charge in [0, 0.05) is 37.3 Å². The van der Waals surface area contributed by atoms with E-state index in [9.17, 15) is 19.1 Å². The lowest BCUT2D eigenvalue weighted by Gasteiger charge is -2.47. The van der Waals surface area contributed by atoms with Crippen LogP contribution in [-0.4, -0.2) is 64.7 Å². The minimum atomic E-state index is -0.981. The number of hydrogen-bond donors (Lipinski definition) is 2. The minimum Gasteiger partial charge on any atom is -0.492 e. The van der Waals surface area contributed by atoms with Gasteiger partial charge in [-0.3, -0.25) is 9.69 Å². The van der Waals surface area contributed by atoms with Gasteiger partial charge in [-0.05, 0) is 94.9 Å². The number of fused-ring (bicyclic) bond motifs is 2. The van der Waals surface area contributed by atoms with Crippen molar-refractivity contribution in [2.24, 2.45) is 0 Å². The maximum absolute atomic E-state index is 14.5. The van der Waals surface area contributed by atoms with Crippen molar-refractivity contribution in [3.8, 4) is 5.75 Å². The van der Waals surface area contributed by atoms with E-state index in [2.05, 4.69) is 64.6 Å². The highest BCUT2D eigenvalue weighted by molar-refractivity contribution is 9.10. The standard InChI is InChI=1S/C35H37BrFN3O4/c1-22-5-2-3-7-25(22)21-39(27-13-14-27)34(41)33-29(18-28-19-38-20-31(33)40(28)35(42)43)24-10-8-23(9-11-24)6-4-16-44-32-17-26(37)12-15-30(32)36/h2-3,5,7-12,15,17,27-28,31,38H,4,6,13-14,16,18-21H2,1H3,(H,42,43). The number of carboxylic acid groups (broad SMARTS) is 1. The molecule has 230 valence electrons. The molecule has 2 fully saturated rings. The van der Waals surface area contributed by atoms with E-state index in [1.807, 2.05) is 17.0 Å². The van der Waals surface area contributed by atoms with Crippen LogP contribution in [0.4, 0.5) is 9.18 Å². The molecule has 2 aliphatic heterocycles. The molecular weight excluding hydrogens is 625 g/mol. The van der Waals surface area contributed by atoms with E-state index >= 15 is 0 Å². The maximum atomic E-state index is 14.5. The molecule has 3 aromatic carbocycles. The van der Waals surface area contributed by atoms with Gasteiger partial charge in [0.25, 0.3) is 5.91 Å². The average Bonchev–Trinajstić information content (AvgIpc) is 3.85. The molecule has 1 saturated heterocycles. The van der Waals surface area contributed by atoms with Crippen molar-refractivity contribution < 1.29 is 23.8 Å². The molecule has 0 spiro atoms. The number of hydrogen-bond acceptors (Lipinski definition) is 4. The Morgan fingerprint density at radius 1 is 1.09 bits per heavy atom. The van der Waals surface area contributed by atoms with Gasteiger partial charge in [-0.2, -0.15) is 0 Å². The number of amides is 2. The molecule has 0 radical (unpaired) electrons. The van der Waals surface area contributed by atoms with Gasteiger partial charge in [0.2, 0.25) is 0 Å². The van der Waals surface area contributed by atoms with Gasteiger partial charge < -0.3 is 20.1 Å². The summed E-state index contributed by atoms with van der Waals surface area (Å²) < 4.78 is 20.1. The number of nitrogens with one attached hydrogen (secondary N) is 1. The number of aryl methyl sites for hydroxylation is 2. The number of halogens is 2. The monoisotopic (exact) mass is 661 g/mol. The van der Waals surface area contributed by atoms with Crippen molar-refractivity contribution in [1.29, 1.82) is 0 Å². The molecule has 9 heteroatoms. The Bertz CT molecular complexity index is 1570. The Balaban J connectivity index is 1.25. The fraction of sp³-hybridized carbons (Fsp3) is 0.371. The molecule has 44 heavy (non-hydrogen) atoms. The second kappa shape index (κ2) is 13.1. The lowest BCUT2D eigenvalue weighted by atomic mass is 9.81. The molecule has 2 bridgehead atoms. The third kappa shape index (κ3) is 6.54. The molecule has 6 rings (SSSR count). The zero-order valence-electron chi connectivity index (χ0n) is 24.8. The van der Waals surface area contributed by atoms with E-state index in [1.165, 1.54) is 17.0 Å². The third-order valence-corrected chi connectivity index (χ3v) is 9.56. The minimum absolute atomic E-state index is 0.0612. The zero-order chi connectivity index (χ0) is 30.8. The van der Waals surface area contributed by atoms with Crippen LogP contribution in [0.2, 0.25) is 0 Å². The molecule has 3 aliphatic rings. The molecule has 1 aliphatic carbocycles. The molecule has 2 atom stereocenters. The Morgan fingerprint density at radius 2 is 1.86 bits per heavy atom. The summed E-state index contributed by atoms with van der Waals surface area (Å²) in [5.74, 6) is 0.0873. The molecule has 0 aromatic heterocycles. The first kappa shape index (κ1) is 30.3. The fourth-order valence-corrected chi connectivity index (χ4v) is 6.79. The van der Waals surface area contributed by atoms with Crippen molar-refractivity contribution in [3.05, 3.63) is 105 Å². The van der Waals surface area contributed by atoms with Gasteiger partial charge in [-0.15, -0.1) is 0 Å². The van der Waals surface area contributed by atoms with Gasteiger partial charge in [-0.1, -0.05) is 48.5 Å². The molecule has 7 nitrogen and oxygen atoms in total. The Kier molecular flexibility index (Phi) is 9.05. The first-order valence-electron chi connectivity index (χ1n) is 15.3. The predicted molar refractivity (Wildman–Crippen MR) is 171 cm³/mol. The smallest absolute Gasteiger partial charge is 0.408 e. The molecule has 2 N–H and O–H groups in total. The Morgan fingerprint density at radius 3 is 2.59 bits per heavy atom. The summed E-state index contributed by atoms with van der Waals surface area (Å²) in [5, 5.41) is 13.6. The van der Waals surface area contributed by atoms with E-state index < -0.39 is 12.1 Å². The molecule has 1 saturated carbocycles. The molecule has 2 amide bonds. The topological polar surface area (TPSA) is 82.1 Å². The second-order valence-corrected chi connectivity index (χ2v) is 12.8. The van der Waals surface area contributed by atoms with Crippen LogP contribution in [-0.2, 0) is 17.8 Å². The SMILES string of the molecule is Cc1ccccc1CN(C(=O)C1=C(c2ccc(CCCOc3cc(F)ccc3Br)cc2)CC2CNCC1N2C(=O)O)C1CC1. The van der Waals surface area contributed by atoms with Gasteiger partial charge in [0.15, 0.2) is 0 Å². The van der Waals surface area contributed by atoms with Crippen molar-refractivity contribution in [2.45, 2.75) is 63.7 Å². The van der Waals surface area contributed by atoms with Crippen LogP contribution in [0.25, 0.3) is 5.57 Å².